The Labute approximate surface area is 139 Å². The Bertz CT molecular complexity index is 650. The van der Waals surface area contributed by atoms with E-state index >= 15 is 0 Å². The first-order valence-electron chi connectivity index (χ1n) is 7.52. The summed E-state index contributed by atoms with van der Waals surface area (Å²) in [6, 6.07) is 13.3. The molecule has 1 aliphatic rings. The Balaban J connectivity index is 1.47. The third-order valence-electron chi connectivity index (χ3n) is 3.76. The molecule has 5 nitrogen and oxygen atoms in total. The smallest absolute Gasteiger partial charge is 0.410 e. The van der Waals surface area contributed by atoms with Crippen LogP contribution in [0.4, 0.5) is 4.79 Å². The Kier molecular flexibility index (Phi) is 4.92. The van der Waals surface area contributed by atoms with E-state index in [1.165, 1.54) is 11.3 Å². The molecule has 120 valence electrons. The Morgan fingerprint density at radius 3 is 2.30 bits per heavy atom. The molecular weight excluding hydrogens is 312 g/mol. The minimum Gasteiger partial charge on any atom is -0.445 e. The molecule has 6 heteroatoms. The number of hydrogen-bond donors (Lipinski definition) is 0. The van der Waals surface area contributed by atoms with Crippen LogP contribution in [0.2, 0.25) is 0 Å². The molecule has 1 aromatic carbocycles. The Morgan fingerprint density at radius 1 is 0.957 bits per heavy atom. The van der Waals surface area contributed by atoms with Gasteiger partial charge in [0.1, 0.15) is 6.61 Å². The van der Waals surface area contributed by atoms with Gasteiger partial charge in [0.05, 0.1) is 4.88 Å². The quantitative estimate of drug-likeness (QED) is 0.869. The predicted molar refractivity (Wildman–Crippen MR) is 88.4 cm³/mol. The minimum atomic E-state index is -0.322. The van der Waals surface area contributed by atoms with Crippen molar-refractivity contribution >= 4 is 23.3 Å². The van der Waals surface area contributed by atoms with E-state index in [4.69, 9.17) is 4.74 Å². The van der Waals surface area contributed by atoms with Gasteiger partial charge >= 0.3 is 6.09 Å². The van der Waals surface area contributed by atoms with Crippen LogP contribution in [0.15, 0.2) is 47.8 Å². The maximum atomic E-state index is 12.2. The maximum Gasteiger partial charge on any atom is 0.410 e. The van der Waals surface area contributed by atoms with Crippen molar-refractivity contribution in [2.45, 2.75) is 6.61 Å². The topological polar surface area (TPSA) is 49.9 Å². The van der Waals surface area contributed by atoms with Crippen LogP contribution in [0.3, 0.4) is 0 Å². The van der Waals surface area contributed by atoms with Crippen LogP contribution in [-0.2, 0) is 11.3 Å². The molecule has 0 saturated carbocycles. The van der Waals surface area contributed by atoms with Gasteiger partial charge < -0.3 is 14.5 Å². The average molecular weight is 330 g/mol. The van der Waals surface area contributed by atoms with E-state index in [0.29, 0.717) is 26.2 Å². The highest BCUT2D eigenvalue weighted by atomic mass is 32.1. The molecule has 23 heavy (non-hydrogen) atoms. The van der Waals surface area contributed by atoms with Crippen LogP contribution < -0.4 is 0 Å². The molecule has 1 aliphatic heterocycles. The first-order chi connectivity index (χ1) is 11.2. The van der Waals surface area contributed by atoms with Crippen molar-refractivity contribution in [1.82, 2.24) is 9.80 Å². The lowest BCUT2D eigenvalue weighted by Gasteiger charge is -2.33. The number of thiophene rings is 1. The molecule has 1 aromatic heterocycles. The lowest BCUT2D eigenvalue weighted by Crippen LogP contribution is -2.50. The number of carbonyl (C=O) groups excluding carboxylic acids is 2. The van der Waals surface area contributed by atoms with E-state index in [2.05, 4.69) is 0 Å². The van der Waals surface area contributed by atoms with Crippen LogP contribution in [-0.4, -0.2) is 48.0 Å². The van der Waals surface area contributed by atoms with Gasteiger partial charge in [-0.2, -0.15) is 0 Å². The van der Waals surface area contributed by atoms with E-state index in [1.54, 1.807) is 9.80 Å². The fourth-order valence-corrected chi connectivity index (χ4v) is 3.15. The zero-order valence-corrected chi connectivity index (χ0v) is 13.5. The van der Waals surface area contributed by atoms with Crippen molar-refractivity contribution in [3.8, 4) is 0 Å². The number of benzene rings is 1. The molecular formula is C17H18N2O3S. The van der Waals surface area contributed by atoms with Crippen molar-refractivity contribution in [1.29, 1.82) is 0 Å². The zero-order valence-electron chi connectivity index (χ0n) is 12.7. The van der Waals surface area contributed by atoms with E-state index in [1.807, 2.05) is 47.8 Å². The molecule has 0 unspecified atom stereocenters. The number of nitrogens with zero attached hydrogens (tertiary/aromatic N) is 2. The Hall–Kier alpha value is -2.34. The average Bonchev–Trinajstić information content (AvgIpc) is 3.15. The highest BCUT2D eigenvalue weighted by Crippen LogP contribution is 2.14. The number of hydrogen-bond acceptors (Lipinski definition) is 4. The maximum absolute atomic E-state index is 12.2. The second kappa shape index (κ2) is 7.28. The van der Waals surface area contributed by atoms with Gasteiger partial charge in [-0.05, 0) is 17.0 Å². The van der Waals surface area contributed by atoms with Gasteiger partial charge in [-0.3, -0.25) is 4.79 Å². The Morgan fingerprint density at radius 2 is 1.65 bits per heavy atom. The summed E-state index contributed by atoms with van der Waals surface area (Å²) in [6.45, 7) is 2.36. The fraction of sp³-hybridized carbons (Fsp3) is 0.294. The largest absolute Gasteiger partial charge is 0.445 e. The first kappa shape index (κ1) is 15.6. The summed E-state index contributed by atoms with van der Waals surface area (Å²) in [6.07, 6.45) is -0.322. The molecule has 0 bridgehead atoms. The number of carbonyl (C=O) groups is 2. The second-order valence-electron chi connectivity index (χ2n) is 5.30. The van der Waals surface area contributed by atoms with Crippen LogP contribution >= 0.6 is 11.3 Å². The summed E-state index contributed by atoms with van der Waals surface area (Å²) >= 11 is 1.44. The molecule has 2 heterocycles. The zero-order chi connectivity index (χ0) is 16.1. The highest BCUT2D eigenvalue weighted by molar-refractivity contribution is 7.12. The van der Waals surface area contributed by atoms with Crippen molar-refractivity contribution in [2.75, 3.05) is 26.2 Å². The van der Waals surface area contributed by atoms with Gasteiger partial charge in [0, 0.05) is 26.2 Å². The summed E-state index contributed by atoms with van der Waals surface area (Å²) in [4.78, 5) is 28.5. The van der Waals surface area contributed by atoms with Crippen LogP contribution in [0.5, 0.6) is 0 Å². The molecule has 1 fully saturated rings. The van der Waals surface area contributed by atoms with Gasteiger partial charge in [0.2, 0.25) is 0 Å². The predicted octanol–water partition coefficient (Wildman–Crippen LogP) is 2.84. The van der Waals surface area contributed by atoms with Crippen molar-refractivity contribution in [2.24, 2.45) is 0 Å². The summed E-state index contributed by atoms with van der Waals surface area (Å²) in [7, 11) is 0. The molecule has 3 rings (SSSR count). The van der Waals surface area contributed by atoms with Crippen molar-refractivity contribution < 1.29 is 14.3 Å². The number of amides is 2. The van der Waals surface area contributed by atoms with E-state index in [9.17, 15) is 9.59 Å². The van der Waals surface area contributed by atoms with Gasteiger partial charge in [-0.15, -0.1) is 11.3 Å². The molecule has 0 spiro atoms. The lowest BCUT2D eigenvalue weighted by molar-refractivity contribution is 0.0547. The SMILES string of the molecule is O=C(OCc1ccccc1)N1CCN(C(=O)c2cccs2)CC1. The van der Waals surface area contributed by atoms with Crippen LogP contribution in [0, 0.1) is 0 Å². The summed E-state index contributed by atoms with van der Waals surface area (Å²) < 4.78 is 5.32. The molecule has 0 atom stereocenters. The van der Waals surface area contributed by atoms with Gasteiger partial charge in [0.25, 0.3) is 5.91 Å². The highest BCUT2D eigenvalue weighted by Gasteiger charge is 2.25. The first-order valence-corrected chi connectivity index (χ1v) is 8.40. The standard InChI is InChI=1S/C17H18N2O3S/c20-16(15-7-4-12-23-15)18-8-10-19(11-9-18)17(21)22-13-14-5-2-1-3-6-14/h1-7,12H,8-11,13H2. The third kappa shape index (κ3) is 3.90. The molecule has 2 amide bonds. The molecule has 0 aliphatic carbocycles. The van der Waals surface area contributed by atoms with Crippen molar-refractivity contribution in [3.05, 3.63) is 58.3 Å². The van der Waals surface area contributed by atoms with E-state index in [0.717, 1.165) is 10.4 Å². The van der Waals surface area contributed by atoms with Crippen molar-refractivity contribution in [3.63, 3.8) is 0 Å². The molecule has 0 radical (unpaired) electrons. The molecule has 0 N–H and O–H groups in total. The van der Waals surface area contributed by atoms with Crippen LogP contribution in [0.25, 0.3) is 0 Å². The van der Waals surface area contributed by atoms with E-state index < -0.39 is 0 Å². The van der Waals surface area contributed by atoms with Gasteiger partial charge in [-0.1, -0.05) is 36.4 Å². The second-order valence-corrected chi connectivity index (χ2v) is 6.24. The normalized spacial score (nSPS) is 14.6. The number of rotatable bonds is 3. The van der Waals surface area contributed by atoms with Gasteiger partial charge in [-0.25, -0.2) is 4.79 Å². The summed E-state index contributed by atoms with van der Waals surface area (Å²) in [5, 5.41) is 1.89. The molecule has 2 aromatic rings. The fourth-order valence-electron chi connectivity index (χ4n) is 2.46. The third-order valence-corrected chi connectivity index (χ3v) is 4.62. The monoisotopic (exact) mass is 330 g/mol. The van der Waals surface area contributed by atoms with Gasteiger partial charge in [0.15, 0.2) is 0 Å². The van der Waals surface area contributed by atoms with E-state index in [-0.39, 0.29) is 18.6 Å². The minimum absolute atomic E-state index is 0.0392. The van der Waals surface area contributed by atoms with Crippen LogP contribution in [0.1, 0.15) is 15.2 Å². The summed E-state index contributed by atoms with van der Waals surface area (Å²) in [5.41, 5.74) is 0.965. The number of ether oxygens (including phenoxy) is 1. The number of piperazine rings is 1. The molecule has 1 saturated heterocycles. The summed E-state index contributed by atoms with van der Waals surface area (Å²) in [5.74, 6) is 0.0392. The lowest BCUT2D eigenvalue weighted by atomic mass is 10.2.